The third-order valence-electron chi connectivity index (χ3n) is 3.41. The summed E-state index contributed by atoms with van der Waals surface area (Å²) in [5, 5.41) is 11.0. The van der Waals surface area contributed by atoms with Gasteiger partial charge in [-0.2, -0.15) is 0 Å². The Bertz CT molecular complexity index is 555. The summed E-state index contributed by atoms with van der Waals surface area (Å²) >= 11 is 1.34. The Hall–Kier alpha value is -1.75. The van der Waals surface area contributed by atoms with Crippen molar-refractivity contribution in [1.29, 1.82) is 0 Å². The standard InChI is InChI=1S/C13H13N3OS/c1-13(11(17)15-12-16-14-8-18-12)6-9-4-2-3-5-10(9)7-13/h2-5,8H,6-7H2,1H3,(H,15,16,17). The summed E-state index contributed by atoms with van der Waals surface area (Å²) in [7, 11) is 0. The van der Waals surface area contributed by atoms with E-state index in [0.717, 1.165) is 12.8 Å². The predicted octanol–water partition coefficient (Wildman–Crippen LogP) is 2.28. The van der Waals surface area contributed by atoms with Gasteiger partial charge in [0.2, 0.25) is 11.0 Å². The van der Waals surface area contributed by atoms with Crippen LogP contribution in [-0.4, -0.2) is 16.1 Å². The van der Waals surface area contributed by atoms with Gasteiger partial charge in [-0.15, -0.1) is 10.2 Å². The zero-order valence-electron chi connectivity index (χ0n) is 10.0. The molecule has 1 N–H and O–H groups in total. The molecule has 5 heteroatoms. The largest absolute Gasteiger partial charge is 0.300 e. The highest BCUT2D eigenvalue weighted by Crippen LogP contribution is 2.37. The summed E-state index contributed by atoms with van der Waals surface area (Å²) in [6, 6.07) is 8.23. The number of hydrogen-bond acceptors (Lipinski definition) is 4. The Morgan fingerprint density at radius 1 is 1.33 bits per heavy atom. The molecule has 92 valence electrons. The lowest BCUT2D eigenvalue weighted by Gasteiger charge is -2.21. The summed E-state index contributed by atoms with van der Waals surface area (Å²) in [4.78, 5) is 12.3. The van der Waals surface area contributed by atoms with E-state index in [1.165, 1.54) is 22.5 Å². The summed E-state index contributed by atoms with van der Waals surface area (Å²) in [6.07, 6.45) is 1.57. The van der Waals surface area contributed by atoms with Gasteiger partial charge in [-0.25, -0.2) is 0 Å². The highest BCUT2D eigenvalue weighted by atomic mass is 32.1. The molecule has 0 saturated heterocycles. The van der Waals surface area contributed by atoms with E-state index < -0.39 is 0 Å². The molecule has 1 aromatic heterocycles. The second-order valence-corrected chi connectivity index (χ2v) is 5.71. The smallest absolute Gasteiger partial charge is 0.232 e. The van der Waals surface area contributed by atoms with Gasteiger partial charge in [0.05, 0.1) is 5.41 Å². The molecule has 2 aromatic rings. The molecule has 1 aliphatic rings. The number of aromatic nitrogens is 2. The van der Waals surface area contributed by atoms with E-state index in [4.69, 9.17) is 0 Å². The lowest BCUT2D eigenvalue weighted by Crippen LogP contribution is -2.34. The van der Waals surface area contributed by atoms with Crippen LogP contribution in [0.25, 0.3) is 0 Å². The highest BCUT2D eigenvalue weighted by Gasteiger charge is 2.39. The minimum atomic E-state index is -0.380. The van der Waals surface area contributed by atoms with Gasteiger partial charge in [0.1, 0.15) is 5.51 Å². The van der Waals surface area contributed by atoms with E-state index in [0.29, 0.717) is 5.13 Å². The fraction of sp³-hybridized carbons (Fsp3) is 0.308. The number of nitrogens with one attached hydrogen (secondary N) is 1. The third kappa shape index (κ3) is 1.90. The van der Waals surface area contributed by atoms with Crippen LogP contribution in [0.3, 0.4) is 0 Å². The van der Waals surface area contributed by atoms with Crippen LogP contribution in [0.2, 0.25) is 0 Å². The topological polar surface area (TPSA) is 54.9 Å². The molecule has 1 heterocycles. The molecule has 0 fully saturated rings. The predicted molar refractivity (Wildman–Crippen MR) is 70.5 cm³/mol. The molecular formula is C13H13N3OS. The molecule has 1 aliphatic carbocycles. The van der Waals surface area contributed by atoms with Crippen LogP contribution in [0.4, 0.5) is 5.13 Å². The normalized spacial score (nSPS) is 16.3. The van der Waals surface area contributed by atoms with Crippen LogP contribution in [0.5, 0.6) is 0 Å². The van der Waals surface area contributed by atoms with Gasteiger partial charge in [-0.05, 0) is 24.0 Å². The number of hydrogen-bond donors (Lipinski definition) is 1. The zero-order chi connectivity index (χ0) is 12.6. The molecule has 0 bridgehead atoms. The maximum atomic E-state index is 12.3. The quantitative estimate of drug-likeness (QED) is 0.900. The monoisotopic (exact) mass is 259 g/mol. The first-order valence-electron chi connectivity index (χ1n) is 5.82. The summed E-state index contributed by atoms with van der Waals surface area (Å²) < 4.78 is 0. The van der Waals surface area contributed by atoms with Crippen molar-refractivity contribution < 1.29 is 4.79 Å². The van der Waals surface area contributed by atoms with E-state index >= 15 is 0 Å². The van der Waals surface area contributed by atoms with Crippen LogP contribution >= 0.6 is 11.3 Å². The molecule has 0 radical (unpaired) electrons. The Morgan fingerprint density at radius 2 is 2.00 bits per heavy atom. The maximum Gasteiger partial charge on any atom is 0.232 e. The first-order chi connectivity index (χ1) is 8.67. The van der Waals surface area contributed by atoms with Crippen LogP contribution in [0.1, 0.15) is 18.1 Å². The van der Waals surface area contributed by atoms with Crippen molar-refractivity contribution in [2.24, 2.45) is 5.41 Å². The molecule has 0 atom stereocenters. The Morgan fingerprint density at radius 3 is 2.56 bits per heavy atom. The van der Waals surface area contributed by atoms with Crippen LogP contribution in [-0.2, 0) is 17.6 Å². The van der Waals surface area contributed by atoms with Gasteiger partial charge >= 0.3 is 0 Å². The van der Waals surface area contributed by atoms with Crippen molar-refractivity contribution in [3.8, 4) is 0 Å². The minimum absolute atomic E-state index is 0.0236. The van der Waals surface area contributed by atoms with E-state index in [9.17, 15) is 4.79 Å². The number of anilines is 1. The van der Waals surface area contributed by atoms with Crippen LogP contribution in [0, 0.1) is 5.41 Å². The molecule has 3 rings (SSSR count). The molecule has 0 spiro atoms. The fourth-order valence-corrected chi connectivity index (χ4v) is 2.88. The van der Waals surface area contributed by atoms with Crippen molar-refractivity contribution in [3.63, 3.8) is 0 Å². The first-order valence-corrected chi connectivity index (χ1v) is 6.70. The van der Waals surface area contributed by atoms with Gasteiger partial charge in [0.25, 0.3) is 0 Å². The average Bonchev–Trinajstić information content (AvgIpc) is 2.95. The van der Waals surface area contributed by atoms with E-state index in [-0.39, 0.29) is 11.3 Å². The molecule has 4 nitrogen and oxygen atoms in total. The van der Waals surface area contributed by atoms with E-state index in [1.807, 2.05) is 19.1 Å². The van der Waals surface area contributed by atoms with Gasteiger partial charge in [0, 0.05) is 0 Å². The lowest BCUT2D eigenvalue weighted by molar-refractivity contribution is -0.124. The molecule has 1 aromatic carbocycles. The third-order valence-corrected chi connectivity index (χ3v) is 4.01. The fourth-order valence-electron chi connectivity index (χ4n) is 2.44. The van der Waals surface area contributed by atoms with Crippen molar-refractivity contribution in [1.82, 2.24) is 10.2 Å². The number of benzene rings is 1. The van der Waals surface area contributed by atoms with Crippen molar-refractivity contribution >= 4 is 22.4 Å². The average molecular weight is 259 g/mol. The Kier molecular flexibility index (Phi) is 2.63. The number of nitrogens with zero attached hydrogens (tertiary/aromatic N) is 2. The summed E-state index contributed by atoms with van der Waals surface area (Å²) in [5.41, 5.74) is 3.77. The summed E-state index contributed by atoms with van der Waals surface area (Å²) in [5.74, 6) is 0.0236. The molecule has 0 saturated carbocycles. The van der Waals surface area contributed by atoms with Gasteiger partial charge < -0.3 is 5.32 Å². The van der Waals surface area contributed by atoms with E-state index in [1.54, 1.807) is 5.51 Å². The van der Waals surface area contributed by atoms with Crippen molar-refractivity contribution in [2.75, 3.05) is 5.32 Å². The van der Waals surface area contributed by atoms with Gasteiger partial charge in [0.15, 0.2) is 0 Å². The number of carbonyl (C=O) groups is 1. The minimum Gasteiger partial charge on any atom is -0.300 e. The molecule has 0 aliphatic heterocycles. The van der Waals surface area contributed by atoms with Crippen molar-refractivity contribution in [3.05, 3.63) is 40.9 Å². The summed E-state index contributed by atoms with van der Waals surface area (Å²) in [6.45, 7) is 2.00. The lowest BCUT2D eigenvalue weighted by atomic mass is 9.86. The highest BCUT2D eigenvalue weighted by molar-refractivity contribution is 7.13. The van der Waals surface area contributed by atoms with Crippen molar-refractivity contribution in [2.45, 2.75) is 19.8 Å². The zero-order valence-corrected chi connectivity index (χ0v) is 10.8. The maximum absolute atomic E-state index is 12.3. The van der Waals surface area contributed by atoms with Gasteiger partial charge in [-0.3, -0.25) is 4.79 Å². The molecule has 1 amide bonds. The van der Waals surface area contributed by atoms with Gasteiger partial charge in [-0.1, -0.05) is 42.5 Å². The second kappa shape index (κ2) is 4.17. The first kappa shape index (κ1) is 11.3. The Labute approximate surface area is 109 Å². The molecule has 0 unspecified atom stereocenters. The van der Waals surface area contributed by atoms with E-state index in [2.05, 4.69) is 27.6 Å². The molecular weight excluding hydrogens is 246 g/mol. The van der Waals surface area contributed by atoms with Crippen LogP contribution in [0.15, 0.2) is 29.8 Å². The number of amides is 1. The number of rotatable bonds is 2. The number of carbonyl (C=O) groups excluding carboxylic acids is 1. The second-order valence-electron chi connectivity index (χ2n) is 4.88. The van der Waals surface area contributed by atoms with Crippen LogP contribution < -0.4 is 5.32 Å². The molecule has 18 heavy (non-hydrogen) atoms. The Balaban J connectivity index is 1.79. The number of fused-ring (bicyclic) bond motifs is 1. The SMILES string of the molecule is CC1(C(=O)Nc2nncs2)Cc2ccccc2C1.